The van der Waals surface area contributed by atoms with Crippen LogP contribution in [0.4, 0.5) is 0 Å². The molecule has 78 valence electrons. The Hall–Kier alpha value is -1.57. The van der Waals surface area contributed by atoms with Crippen molar-refractivity contribution in [2.75, 3.05) is 0 Å². The molecule has 0 aliphatic carbocycles. The fourth-order valence-electron chi connectivity index (χ4n) is 1.64. The average Bonchev–Trinajstić information content (AvgIpc) is 2.75. The lowest BCUT2D eigenvalue weighted by Gasteiger charge is -1.99. The van der Waals surface area contributed by atoms with Crippen LogP contribution in [0.1, 0.15) is 25.3 Å². The molecule has 0 atom stereocenters. The molecular formula is C13H15NO. The van der Waals surface area contributed by atoms with Crippen LogP contribution < -0.4 is 0 Å². The van der Waals surface area contributed by atoms with Gasteiger partial charge in [-0.15, -0.1) is 0 Å². The van der Waals surface area contributed by atoms with Gasteiger partial charge in [0.05, 0.1) is 0 Å². The molecule has 1 aromatic carbocycles. The van der Waals surface area contributed by atoms with Crippen LogP contribution in [-0.4, -0.2) is 5.16 Å². The topological polar surface area (TPSA) is 26.0 Å². The zero-order chi connectivity index (χ0) is 10.5. The average molecular weight is 201 g/mol. The van der Waals surface area contributed by atoms with Crippen molar-refractivity contribution in [2.24, 2.45) is 0 Å². The maximum absolute atomic E-state index is 5.05. The number of aromatic nitrogens is 1. The summed E-state index contributed by atoms with van der Waals surface area (Å²) in [5.74, 6) is 0. The molecule has 1 aromatic heterocycles. The minimum absolute atomic E-state index is 0.990. The van der Waals surface area contributed by atoms with E-state index < -0.39 is 0 Å². The van der Waals surface area contributed by atoms with Gasteiger partial charge in [-0.1, -0.05) is 48.8 Å². The minimum atomic E-state index is 0.990. The maximum Gasteiger partial charge on any atom is 0.127 e. The highest BCUT2D eigenvalue weighted by molar-refractivity contribution is 5.61. The van der Waals surface area contributed by atoms with Crippen LogP contribution in [0.5, 0.6) is 0 Å². The summed E-state index contributed by atoms with van der Waals surface area (Å²) >= 11 is 0. The number of hydrogen-bond acceptors (Lipinski definition) is 2. The number of rotatable bonds is 4. The normalized spacial score (nSPS) is 10.5. The molecular weight excluding hydrogens is 186 g/mol. The van der Waals surface area contributed by atoms with Gasteiger partial charge in [-0.2, -0.15) is 0 Å². The fraction of sp³-hybridized carbons (Fsp3) is 0.308. The first-order chi connectivity index (χ1) is 7.42. The van der Waals surface area contributed by atoms with E-state index in [1.54, 1.807) is 6.26 Å². The lowest BCUT2D eigenvalue weighted by Crippen LogP contribution is -1.86. The molecule has 2 aromatic rings. The molecule has 15 heavy (non-hydrogen) atoms. The molecule has 0 aliphatic rings. The van der Waals surface area contributed by atoms with Gasteiger partial charge >= 0.3 is 0 Å². The summed E-state index contributed by atoms with van der Waals surface area (Å²) in [5, 5.41) is 4.06. The summed E-state index contributed by atoms with van der Waals surface area (Å²) in [6, 6.07) is 10.2. The first-order valence-corrected chi connectivity index (χ1v) is 5.40. The van der Waals surface area contributed by atoms with E-state index >= 15 is 0 Å². The van der Waals surface area contributed by atoms with Gasteiger partial charge in [-0.3, -0.25) is 0 Å². The van der Waals surface area contributed by atoms with E-state index in [1.807, 2.05) is 18.2 Å². The summed E-state index contributed by atoms with van der Waals surface area (Å²) in [4.78, 5) is 0. The molecule has 0 radical (unpaired) electrons. The lowest BCUT2D eigenvalue weighted by atomic mass is 10.0. The zero-order valence-electron chi connectivity index (χ0n) is 8.94. The monoisotopic (exact) mass is 201 g/mol. The Morgan fingerprint density at radius 2 is 2.00 bits per heavy atom. The zero-order valence-corrected chi connectivity index (χ0v) is 8.94. The molecule has 0 spiro atoms. The van der Waals surface area contributed by atoms with Gasteiger partial charge in [0.2, 0.25) is 0 Å². The molecule has 0 saturated carbocycles. The van der Waals surface area contributed by atoms with Gasteiger partial charge in [0.25, 0.3) is 0 Å². The van der Waals surface area contributed by atoms with E-state index in [-0.39, 0.29) is 0 Å². The van der Waals surface area contributed by atoms with Crippen molar-refractivity contribution in [1.29, 1.82) is 0 Å². The molecule has 2 rings (SSSR count). The first kappa shape index (κ1) is 9.97. The highest BCUT2D eigenvalue weighted by atomic mass is 16.5. The Balaban J connectivity index is 2.25. The second-order valence-electron chi connectivity index (χ2n) is 3.66. The summed E-state index contributed by atoms with van der Waals surface area (Å²) in [7, 11) is 0. The van der Waals surface area contributed by atoms with Crippen molar-refractivity contribution in [3.05, 3.63) is 42.2 Å². The Morgan fingerprint density at radius 1 is 1.20 bits per heavy atom. The molecule has 2 nitrogen and oxygen atoms in total. The molecule has 0 N–H and O–H groups in total. The maximum atomic E-state index is 5.05. The second-order valence-corrected chi connectivity index (χ2v) is 3.66. The summed E-state index contributed by atoms with van der Waals surface area (Å²) < 4.78 is 5.05. The predicted octanol–water partition coefficient (Wildman–Crippen LogP) is 3.68. The van der Waals surface area contributed by atoms with Crippen LogP contribution in [0.15, 0.2) is 41.1 Å². The van der Waals surface area contributed by atoms with Gasteiger partial charge in [0, 0.05) is 11.1 Å². The largest absolute Gasteiger partial charge is 0.364 e. The second kappa shape index (κ2) is 4.78. The molecule has 1 heterocycles. The van der Waals surface area contributed by atoms with E-state index in [2.05, 4.69) is 24.2 Å². The third-order valence-electron chi connectivity index (χ3n) is 2.49. The molecule has 2 heteroatoms. The van der Waals surface area contributed by atoms with Crippen LogP contribution >= 0.6 is 0 Å². The molecule has 0 saturated heterocycles. The number of hydrogen-bond donors (Lipinski definition) is 0. The smallest absolute Gasteiger partial charge is 0.127 e. The first-order valence-electron chi connectivity index (χ1n) is 5.40. The van der Waals surface area contributed by atoms with Crippen molar-refractivity contribution in [1.82, 2.24) is 5.16 Å². The van der Waals surface area contributed by atoms with Crippen molar-refractivity contribution in [3.8, 4) is 11.3 Å². The molecule has 0 aliphatic heterocycles. The van der Waals surface area contributed by atoms with E-state index in [9.17, 15) is 0 Å². The molecule has 0 bridgehead atoms. The van der Waals surface area contributed by atoms with Crippen molar-refractivity contribution in [2.45, 2.75) is 26.2 Å². The number of unbranched alkanes of at least 4 members (excludes halogenated alkanes) is 1. The van der Waals surface area contributed by atoms with E-state index in [1.165, 1.54) is 18.4 Å². The SMILES string of the molecule is CCCCc1conc1-c1ccccc1. The van der Waals surface area contributed by atoms with Crippen molar-refractivity contribution >= 4 is 0 Å². The standard InChI is InChI=1S/C13H15NO/c1-2-3-7-12-10-15-14-13(12)11-8-5-4-6-9-11/h4-6,8-10H,2-3,7H2,1H3. The lowest BCUT2D eigenvalue weighted by molar-refractivity contribution is 0.421. The molecule has 0 fully saturated rings. The summed E-state index contributed by atoms with van der Waals surface area (Å²) in [6.45, 7) is 2.19. The van der Waals surface area contributed by atoms with Crippen LogP contribution in [-0.2, 0) is 6.42 Å². The Morgan fingerprint density at radius 3 is 2.73 bits per heavy atom. The Bertz CT molecular complexity index is 405. The molecule has 0 amide bonds. The number of benzene rings is 1. The van der Waals surface area contributed by atoms with Gasteiger partial charge < -0.3 is 4.52 Å². The predicted molar refractivity (Wildman–Crippen MR) is 60.6 cm³/mol. The summed E-state index contributed by atoms with van der Waals surface area (Å²) in [5.41, 5.74) is 3.34. The quantitative estimate of drug-likeness (QED) is 0.754. The Kier molecular flexibility index (Phi) is 3.18. The van der Waals surface area contributed by atoms with E-state index in [4.69, 9.17) is 4.52 Å². The van der Waals surface area contributed by atoms with Gasteiger partial charge in [0.15, 0.2) is 0 Å². The third-order valence-corrected chi connectivity index (χ3v) is 2.49. The van der Waals surface area contributed by atoms with Crippen LogP contribution in [0.2, 0.25) is 0 Å². The van der Waals surface area contributed by atoms with Crippen LogP contribution in [0.25, 0.3) is 11.3 Å². The van der Waals surface area contributed by atoms with Crippen LogP contribution in [0, 0.1) is 0 Å². The van der Waals surface area contributed by atoms with Crippen molar-refractivity contribution < 1.29 is 4.52 Å². The van der Waals surface area contributed by atoms with E-state index in [0.29, 0.717) is 0 Å². The highest BCUT2D eigenvalue weighted by Gasteiger charge is 2.08. The van der Waals surface area contributed by atoms with E-state index in [0.717, 1.165) is 17.7 Å². The highest BCUT2D eigenvalue weighted by Crippen LogP contribution is 2.22. The third kappa shape index (κ3) is 2.27. The molecule has 0 unspecified atom stereocenters. The van der Waals surface area contributed by atoms with Crippen molar-refractivity contribution in [3.63, 3.8) is 0 Å². The number of nitrogens with zero attached hydrogens (tertiary/aromatic N) is 1. The van der Waals surface area contributed by atoms with Gasteiger partial charge in [0.1, 0.15) is 12.0 Å². The van der Waals surface area contributed by atoms with Gasteiger partial charge in [-0.05, 0) is 12.8 Å². The van der Waals surface area contributed by atoms with Crippen LogP contribution in [0.3, 0.4) is 0 Å². The Labute approximate surface area is 89.9 Å². The number of aryl methyl sites for hydroxylation is 1. The summed E-state index contributed by atoms with van der Waals surface area (Å²) in [6.07, 6.45) is 5.18. The minimum Gasteiger partial charge on any atom is -0.364 e. The van der Waals surface area contributed by atoms with Gasteiger partial charge in [-0.25, -0.2) is 0 Å². The fourth-order valence-corrected chi connectivity index (χ4v) is 1.64.